The van der Waals surface area contributed by atoms with Crippen LogP contribution in [0.2, 0.25) is 0 Å². The van der Waals surface area contributed by atoms with Crippen LogP contribution in [-0.2, 0) is 10.0 Å². The maximum absolute atomic E-state index is 12.6. The first-order valence-electron chi connectivity index (χ1n) is 6.00. The number of aromatic nitrogens is 1. The van der Waals surface area contributed by atoms with Crippen LogP contribution in [0.1, 0.15) is 6.92 Å². The molecule has 0 aliphatic heterocycles. The molecule has 1 aromatic carbocycles. The van der Waals surface area contributed by atoms with E-state index < -0.39 is 10.0 Å². The largest absolute Gasteiger partial charge is 0.329 e. The first kappa shape index (κ1) is 16.8. The molecular formula is C13H18ClN3O2S. The molecule has 2 N–H and O–H groups in total. The van der Waals surface area contributed by atoms with Crippen molar-refractivity contribution in [1.82, 2.24) is 9.29 Å². The minimum Gasteiger partial charge on any atom is -0.329 e. The number of pyridine rings is 1. The Bertz CT molecular complexity index is 686. The fraction of sp³-hybridized carbons (Fsp3) is 0.308. The molecule has 0 fully saturated rings. The summed E-state index contributed by atoms with van der Waals surface area (Å²) in [6.45, 7) is 2.06. The molecule has 0 saturated carbocycles. The number of hydrogen-bond donors (Lipinski definition) is 1. The van der Waals surface area contributed by atoms with E-state index in [-0.39, 0.29) is 29.9 Å². The number of hydrogen-bond acceptors (Lipinski definition) is 4. The van der Waals surface area contributed by atoms with Gasteiger partial charge in [-0.15, -0.1) is 12.4 Å². The van der Waals surface area contributed by atoms with Crippen LogP contribution < -0.4 is 5.73 Å². The highest BCUT2D eigenvalue weighted by Crippen LogP contribution is 2.24. The Morgan fingerprint density at radius 3 is 2.65 bits per heavy atom. The molecule has 2 rings (SSSR count). The molecule has 1 heterocycles. The zero-order valence-corrected chi connectivity index (χ0v) is 13.0. The number of halogens is 1. The van der Waals surface area contributed by atoms with Gasteiger partial charge in [-0.2, -0.15) is 4.31 Å². The van der Waals surface area contributed by atoms with Crippen molar-refractivity contribution >= 4 is 33.3 Å². The highest BCUT2D eigenvalue weighted by molar-refractivity contribution is 7.89. The predicted octanol–water partition coefficient (Wildman–Crippen LogP) is 1.62. The Morgan fingerprint density at radius 1 is 1.30 bits per heavy atom. The van der Waals surface area contributed by atoms with Gasteiger partial charge >= 0.3 is 0 Å². The number of sulfonamides is 1. The zero-order chi connectivity index (χ0) is 14.0. The van der Waals surface area contributed by atoms with Gasteiger partial charge in [0.2, 0.25) is 10.0 Å². The van der Waals surface area contributed by atoms with E-state index in [4.69, 9.17) is 5.73 Å². The van der Waals surface area contributed by atoms with Crippen molar-refractivity contribution in [3.05, 3.63) is 36.5 Å². The van der Waals surface area contributed by atoms with Crippen LogP contribution in [0.4, 0.5) is 0 Å². The number of fused-ring (bicyclic) bond motifs is 1. The second-order valence-electron chi connectivity index (χ2n) is 4.43. The summed E-state index contributed by atoms with van der Waals surface area (Å²) in [5.74, 6) is 0. The molecule has 0 amide bonds. The fourth-order valence-corrected chi connectivity index (χ4v) is 3.41. The summed E-state index contributed by atoms with van der Waals surface area (Å²) in [5, 5.41) is 0.626. The molecule has 0 bridgehead atoms. The second kappa shape index (κ2) is 6.49. The average Bonchev–Trinajstić information content (AvgIpc) is 2.44. The fourth-order valence-electron chi connectivity index (χ4n) is 1.84. The van der Waals surface area contributed by atoms with E-state index in [1.165, 1.54) is 4.31 Å². The average molecular weight is 316 g/mol. The van der Waals surface area contributed by atoms with E-state index in [0.29, 0.717) is 10.9 Å². The molecular weight excluding hydrogens is 298 g/mol. The first-order valence-corrected chi connectivity index (χ1v) is 7.44. The van der Waals surface area contributed by atoms with E-state index in [9.17, 15) is 8.42 Å². The molecule has 110 valence electrons. The summed E-state index contributed by atoms with van der Waals surface area (Å²) >= 11 is 0. The van der Waals surface area contributed by atoms with Gasteiger partial charge in [0.25, 0.3) is 0 Å². The van der Waals surface area contributed by atoms with Crippen molar-refractivity contribution in [1.29, 1.82) is 0 Å². The van der Waals surface area contributed by atoms with Crippen LogP contribution in [0.3, 0.4) is 0 Å². The minimum absolute atomic E-state index is 0. The number of likely N-dealkylation sites (N-methyl/N-ethyl adjacent to an activating group) is 1. The monoisotopic (exact) mass is 315 g/mol. The van der Waals surface area contributed by atoms with Gasteiger partial charge in [0.1, 0.15) is 0 Å². The molecule has 0 aliphatic rings. The SMILES string of the molecule is CC(CN)N(C)S(=O)(=O)c1cccc2ncccc12.Cl. The van der Waals surface area contributed by atoms with E-state index >= 15 is 0 Å². The summed E-state index contributed by atoms with van der Waals surface area (Å²) in [7, 11) is -2.02. The highest BCUT2D eigenvalue weighted by atomic mass is 35.5. The summed E-state index contributed by atoms with van der Waals surface area (Å²) in [5.41, 5.74) is 6.21. The van der Waals surface area contributed by atoms with Crippen LogP contribution in [0.5, 0.6) is 0 Å². The molecule has 20 heavy (non-hydrogen) atoms. The van der Waals surface area contributed by atoms with Crippen LogP contribution in [0, 0.1) is 0 Å². The molecule has 5 nitrogen and oxygen atoms in total. The Hall–Kier alpha value is -1.21. The number of nitrogens with two attached hydrogens (primary N) is 1. The Balaban J connectivity index is 0.00000200. The molecule has 1 atom stereocenters. The summed E-state index contributed by atoms with van der Waals surface area (Å²) in [6.07, 6.45) is 1.64. The lowest BCUT2D eigenvalue weighted by molar-refractivity contribution is 0.395. The van der Waals surface area contributed by atoms with Crippen molar-refractivity contribution in [2.24, 2.45) is 5.73 Å². The van der Waals surface area contributed by atoms with E-state index in [2.05, 4.69) is 4.98 Å². The van der Waals surface area contributed by atoms with Crippen molar-refractivity contribution in [3.63, 3.8) is 0 Å². The van der Waals surface area contributed by atoms with Crippen LogP contribution in [0.15, 0.2) is 41.4 Å². The molecule has 1 aromatic heterocycles. The van der Waals surface area contributed by atoms with Gasteiger partial charge in [-0.25, -0.2) is 8.42 Å². The lowest BCUT2D eigenvalue weighted by Crippen LogP contribution is -2.39. The summed E-state index contributed by atoms with van der Waals surface area (Å²) < 4.78 is 26.5. The van der Waals surface area contributed by atoms with Crippen LogP contribution in [-0.4, -0.2) is 37.3 Å². The summed E-state index contributed by atoms with van der Waals surface area (Å²) in [6, 6.07) is 8.32. The molecule has 2 aromatic rings. The van der Waals surface area contributed by atoms with Gasteiger partial charge in [0.15, 0.2) is 0 Å². The normalized spacial score (nSPS) is 13.2. The van der Waals surface area contributed by atoms with E-state index in [0.717, 1.165) is 0 Å². The van der Waals surface area contributed by atoms with E-state index in [1.54, 1.807) is 50.5 Å². The maximum Gasteiger partial charge on any atom is 0.243 e. The van der Waals surface area contributed by atoms with Crippen LogP contribution in [0.25, 0.3) is 10.9 Å². The quantitative estimate of drug-likeness (QED) is 0.930. The summed E-state index contributed by atoms with van der Waals surface area (Å²) in [4.78, 5) is 4.44. The topological polar surface area (TPSA) is 76.3 Å². The van der Waals surface area contributed by atoms with Gasteiger partial charge in [-0.1, -0.05) is 6.07 Å². The molecule has 0 radical (unpaired) electrons. The van der Waals surface area contributed by atoms with Crippen molar-refractivity contribution in [3.8, 4) is 0 Å². The van der Waals surface area contributed by atoms with Crippen LogP contribution >= 0.6 is 12.4 Å². The van der Waals surface area contributed by atoms with Crippen molar-refractivity contribution < 1.29 is 8.42 Å². The lowest BCUT2D eigenvalue weighted by atomic mass is 10.2. The molecule has 0 aliphatic carbocycles. The predicted molar refractivity (Wildman–Crippen MR) is 82.5 cm³/mol. The number of benzene rings is 1. The standard InChI is InChI=1S/C13H17N3O2S.ClH/c1-10(9-14)16(2)19(17,18)13-7-3-6-12-11(13)5-4-8-15-12;/h3-8,10H,9,14H2,1-2H3;1H. The third-order valence-corrected chi connectivity index (χ3v) is 5.25. The maximum atomic E-state index is 12.6. The Kier molecular flexibility index (Phi) is 5.47. The van der Waals surface area contributed by atoms with Gasteiger partial charge in [0, 0.05) is 31.2 Å². The van der Waals surface area contributed by atoms with Gasteiger partial charge in [-0.3, -0.25) is 4.98 Å². The first-order chi connectivity index (χ1) is 8.98. The van der Waals surface area contributed by atoms with Crippen molar-refractivity contribution in [2.45, 2.75) is 17.9 Å². The minimum atomic E-state index is -3.56. The second-order valence-corrected chi connectivity index (χ2v) is 6.40. The Labute approximate surface area is 125 Å². The molecule has 0 spiro atoms. The van der Waals surface area contributed by atoms with Gasteiger partial charge in [0.05, 0.1) is 10.4 Å². The third-order valence-electron chi connectivity index (χ3n) is 3.22. The van der Waals surface area contributed by atoms with E-state index in [1.807, 2.05) is 0 Å². The van der Waals surface area contributed by atoms with Gasteiger partial charge < -0.3 is 5.73 Å². The zero-order valence-electron chi connectivity index (χ0n) is 11.4. The van der Waals surface area contributed by atoms with Crippen molar-refractivity contribution in [2.75, 3.05) is 13.6 Å². The Morgan fingerprint density at radius 2 is 2.00 bits per heavy atom. The molecule has 0 saturated heterocycles. The molecule has 1 unspecified atom stereocenters. The highest BCUT2D eigenvalue weighted by Gasteiger charge is 2.26. The third kappa shape index (κ3) is 2.93. The smallest absolute Gasteiger partial charge is 0.243 e. The lowest BCUT2D eigenvalue weighted by Gasteiger charge is -2.23. The number of rotatable bonds is 4. The molecule has 7 heteroatoms. The number of nitrogens with zero attached hydrogens (tertiary/aromatic N) is 2. The van der Waals surface area contributed by atoms with Gasteiger partial charge in [-0.05, 0) is 31.2 Å².